The van der Waals surface area contributed by atoms with E-state index in [9.17, 15) is 9.18 Å². The van der Waals surface area contributed by atoms with Crippen LogP contribution in [0.4, 0.5) is 10.2 Å². The molecule has 1 aliphatic heterocycles. The topological polar surface area (TPSA) is 65.4 Å². The van der Waals surface area contributed by atoms with E-state index >= 15 is 0 Å². The number of hydrogen-bond donors (Lipinski definition) is 1. The number of benzene rings is 2. The number of anilines is 1. The van der Waals surface area contributed by atoms with Gasteiger partial charge in [-0.15, -0.1) is 0 Å². The average Bonchev–Trinajstić information content (AvgIpc) is 3.37. The smallest absolute Gasteiger partial charge is 0.256 e. The van der Waals surface area contributed by atoms with Crippen molar-refractivity contribution in [1.29, 1.82) is 0 Å². The highest BCUT2D eigenvalue weighted by Gasteiger charge is 2.17. The van der Waals surface area contributed by atoms with Crippen LogP contribution in [0, 0.1) is 12.7 Å². The molecule has 2 aromatic carbocycles. The van der Waals surface area contributed by atoms with Gasteiger partial charge in [0, 0.05) is 18.2 Å². The Morgan fingerprint density at radius 2 is 2.10 bits per heavy atom. The van der Waals surface area contributed by atoms with Gasteiger partial charge in [0.15, 0.2) is 0 Å². The van der Waals surface area contributed by atoms with Crippen molar-refractivity contribution < 1.29 is 18.7 Å². The Morgan fingerprint density at radius 3 is 2.86 bits per heavy atom. The van der Waals surface area contributed by atoms with Gasteiger partial charge in [-0.1, -0.05) is 6.07 Å². The zero-order valence-corrected chi connectivity index (χ0v) is 16.1. The van der Waals surface area contributed by atoms with Gasteiger partial charge in [0.2, 0.25) is 0 Å². The standard InChI is InChI=1S/C22H22FN3O3/c1-15-12-21(26(25-15)18-9-7-17(23)8-10-18)24-22(27)16-4-2-5-19(13-16)29-14-20-6-3-11-28-20/h2,4-5,7-10,12-13,20H,3,6,11,14H2,1H3,(H,24,27). The number of nitrogens with zero attached hydrogens (tertiary/aromatic N) is 2. The van der Waals surface area contributed by atoms with E-state index in [2.05, 4.69) is 10.4 Å². The molecule has 1 N–H and O–H groups in total. The Hall–Kier alpha value is -3.19. The molecule has 1 unspecified atom stereocenters. The summed E-state index contributed by atoms with van der Waals surface area (Å²) in [5.41, 5.74) is 1.86. The summed E-state index contributed by atoms with van der Waals surface area (Å²) in [4.78, 5) is 12.8. The van der Waals surface area contributed by atoms with Crippen molar-refractivity contribution >= 4 is 11.7 Å². The van der Waals surface area contributed by atoms with Crippen molar-refractivity contribution in [2.24, 2.45) is 0 Å². The fourth-order valence-corrected chi connectivity index (χ4v) is 3.25. The number of aromatic nitrogens is 2. The molecule has 3 aromatic rings. The quantitative estimate of drug-likeness (QED) is 0.682. The van der Waals surface area contributed by atoms with Crippen LogP contribution < -0.4 is 10.1 Å². The lowest BCUT2D eigenvalue weighted by Gasteiger charge is -2.12. The van der Waals surface area contributed by atoms with Crippen LogP contribution in [0.25, 0.3) is 5.69 Å². The van der Waals surface area contributed by atoms with Crippen molar-refractivity contribution in [3.8, 4) is 11.4 Å². The normalized spacial score (nSPS) is 16.0. The summed E-state index contributed by atoms with van der Waals surface area (Å²) < 4.78 is 26.1. The molecule has 7 heteroatoms. The first-order chi connectivity index (χ1) is 14.1. The van der Waals surface area contributed by atoms with Gasteiger partial charge in [0.25, 0.3) is 5.91 Å². The lowest BCUT2D eigenvalue weighted by Crippen LogP contribution is -2.17. The molecule has 6 nitrogen and oxygen atoms in total. The summed E-state index contributed by atoms with van der Waals surface area (Å²) in [6.07, 6.45) is 2.16. The minimum Gasteiger partial charge on any atom is -0.491 e. The molecule has 2 heterocycles. The van der Waals surface area contributed by atoms with Gasteiger partial charge in [0.1, 0.15) is 24.0 Å². The van der Waals surface area contributed by atoms with Crippen molar-refractivity contribution in [2.75, 3.05) is 18.5 Å². The zero-order valence-electron chi connectivity index (χ0n) is 16.1. The van der Waals surface area contributed by atoms with Crippen LogP contribution in [0.3, 0.4) is 0 Å². The number of amides is 1. The van der Waals surface area contributed by atoms with Crippen LogP contribution in [-0.4, -0.2) is 35.0 Å². The summed E-state index contributed by atoms with van der Waals surface area (Å²) in [6.45, 7) is 3.08. The molecule has 0 spiro atoms. The van der Waals surface area contributed by atoms with E-state index in [0.29, 0.717) is 29.4 Å². The number of nitrogens with one attached hydrogen (secondary N) is 1. The molecule has 1 aliphatic rings. The second-order valence-electron chi connectivity index (χ2n) is 6.99. The number of carbonyl (C=O) groups is 1. The van der Waals surface area contributed by atoms with Crippen LogP contribution in [0.5, 0.6) is 5.75 Å². The molecule has 1 fully saturated rings. The van der Waals surface area contributed by atoms with Gasteiger partial charge in [-0.05, 0) is 62.2 Å². The summed E-state index contributed by atoms with van der Waals surface area (Å²) in [5, 5.41) is 7.26. The number of hydrogen-bond acceptors (Lipinski definition) is 4. The highest BCUT2D eigenvalue weighted by Crippen LogP contribution is 2.21. The highest BCUT2D eigenvalue weighted by molar-refractivity contribution is 6.04. The van der Waals surface area contributed by atoms with E-state index in [-0.39, 0.29) is 17.8 Å². The van der Waals surface area contributed by atoms with Gasteiger partial charge in [0.05, 0.1) is 17.5 Å². The summed E-state index contributed by atoms with van der Waals surface area (Å²) in [6, 6.07) is 14.7. The van der Waals surface area contributed by atoms with E-state index < -0.39 is 0 Å². The van der Waals surface area contributed by atoms with E-state index in [1.807, 2.05) is 13.0 Å². The third-order valence-corrected chi connectivity index (χ3v) is 4.70. The Kier molecular flexibility index (Phi) is 5.57. The minimum absolute atomic E-state index is 0.112. The van der Waals surface area contributed by atoms with E-state index in [1.54, 1.807) is 41.1 Å². The summed E-state index contributed by atoms with van der Waals surface area (Å²) in [7, 11) is 0. The molecular weight excluding hydrogens is 373 g/mol. The first-order valence-corrected chi connectivity index (χ1v) is 9.57. The third kappa shape index (κ3) is 4.63. The van der Waals surface area contributed by atoms with Gasteiger partial charge in [-0.25, -0.2) is 9.07 Å². The number of aryl methyl sites for hydroxylation is 1. The van der Waals surface area contributed by atoms with E-state index in [1.165, 1.54) is 12.1 Å². The molecule has 0 bridgehead atoms. The fraction of sp³-hybridized carbons (Fsp3) is 0.273. The predicted molar refractivity (Wildman–Crippen MR) is 107 cm³/mol. The first kappa shape index (κ1) is 19.1. The van der Waals surface area contributed by atoms with Gasteiger partial charge in [-0.2, -0.15) is 5.10 Å². The Bertz CT molecular complexity index is 995. The van der Waals surface area contributed by atoms with Crippen LogP contribution in [0.1, 0.15) is 28.9 Å². The average molecular weight is 395 g/mol. The van der Waals surface area contributed by atoms with Crippen LogP contribution in [0.2, 0.25) is 0 Å². The van der Waals surface area contributed by atoms with Gasteiger partial charge in [-0.3, -0.25) is 4.79 Å². The number of rotatable bonds is 6. The second kappa shape index (κ2) is 8.45. The number of ether oxygens (including phenoxy) is 2. The molecule has 1 atom stereocenters. The van der Waals surface area contributed by atoms with Crippen LogP contribution in [0.15, 0.2) is 54.6 Å². The lowest BCUT2D eigenvalue weighted by molar-refractivity contribution is 0.0679. The van der Waals surface area contributed by atoms with Crippen molar-refractivity contribution in [3.63, 3.8) is 0 Å². The van der Waals surface area contributed by atoms with Gasteiger partial charge < -0.3 is 14.8 Å². The van der Waals surface area contributed by atoms with Crippen LogP contribution >= 0.6 is 0 Å². The molecule has 150 valence electrons. The summed E-state index contributed by atoms with van der Waals surface area (Å²) >= 11 is 0. The Balaban J connectivity index is 1.48. The second-order valence-corrected chi connectivity index (χ2v) is 6.99. The molecule has 29 heavy (non-hydrogen) atoms. The third-order valence-electron chi connectivity index (χ3n) is 4.70. The first-order valence-electron chi connectivity index (χ1n) is 9.57. The predicted octanol–water partition coefficient (Wildman–Crippen LogP) is 4.13. The summed E-state index contributed by atoms with van der Waals surface area (Å²) in [5.74, 6) is 0.514. The molecule has 1 amide bonds. The Labute approximate surface area is 168 Å². The highest BCUT2D eigenvalue weighted by atomic mass is 19.1. The molecule has 0 aliphatic carbocycles. The molecule has 4 rings (SSSR count). The maximum absolute atomic E-state index is 13.2. The maximum atomic E-state index is 13.2. The molecule has 1 aromatic heterocycles. The number of carbonyl (C=O) groups excluding carboxylic acids is 1. The molecule has 0 saturated carbocycles. The largest absolute Gasteiger partial charge is 0.491 e. The maximum Gasteiger partial charge on any atom is 0.256 e. The fourth-order valence-electron chi connectivity index (χ4n) is 3.25. The van der Waals surface area contributed by atoms with Crippen molar-refractivity contribution in [2.45, 2.75) is 25.9 Å². The van der Waals surface area contributed by atoms with E-state index in [0.717, 1.165) is 25.1 Å². The zero-order chi connectivity index (χ0) is 20.2. The monoisotopic (exact) mass is 395 g/mol. The molecular formula is C22H22FN3O3. The molecule has 1 saturated heterocycles. The van der Waals surface area contributed by atoms with Crippen molar-refractivity contribution in [3.05, 3.63) is 71.7 Å². The van der Waals surface area contributed by atoms with Gasteiger partial charge >= 0.3 is 0 Å². The minimum atomic E-state index is -0.331. The van der Waals surface area contributed by atoms with Crippen LogP contribution in [-0.2, 0) is 4.74 Å². The SMILES string of the molecule is Cc1cc(NC(=O)c2cccc(OCC3CCCO3)c2)n(-c2ccc(F)cc2)n1. The van der Waals surface area contributed by atoms with Crippen molar-refractivity contribution in [1.82, 2.24) is 9.78 Å². The lowest BCUT2D eigenvalue weighted by atomic mass is 10.2. The Morgan fingerprint density at radius 1 is 1.28 bits per heavy atom. The number of halogens is 1. The molecule has 0 radical (unpaired) electrons. The van der Waals surface area contributed by atoms with E-state index in [4.69, 9.17) is 9.47 Å².